The molecule has 0 saturated carbocycles. The predicted molar refractivity (Wildman–Crippen MR) is 72.5 cm³/mol. The fourth-order valence-corrected chi connectivity index (χ4v) is 3.33. The van der Waals surface area contributed by atoms with Crippen LogP contribution in [-0.2, 0) is 0 Å². The van der Waals surface area contributed by atoms with E-state index in [4.69, 9.17) is 5.73 Å². The first-order valence-electron chi connectivity index (χ1n) is 5.83. The molecule has 16 heavy (non-hydrogen) atoms. The highest BCUT2D eigenvalue weighted by atomic mass is 32.2. The van der Waals surface area contributed by atoms with Gasteiger partial charge in [-0.25, -0.2) is 0 Å². The lowest BCUT2D eigenvalue weighted by Gasteiger charge is -2.35. The molecule has 1 unspecified atom stereocenters. The number of thioether (sulfide) groups is 1. The molecule has 0 spiro atoms. The molecule has 1 heterocycles. The SMILES string of the molecule is CC(C)c1ccc2c(c1)SCC(CN)N2C. The van der Waals surface area contributed by atoms with Crippen LogP contribution in [0.3, 0.4) is 0 Å². The van der Waals surface area contributed by atoms with Crippen molar-refractivity contribution in [3.05, 3.63) is 23.8 Å². The van der Waals surface area contributed by atoms with Crippen LogP contribution in [0, 0.1) is 0 Å². The molecule has 0 bridgehead atoms. The third-order valence-corrected chi connectivity index (χ3v) is 4.47. The first-order valence-corrected chi connectivity index (χ1v) is 6.81. The molecule has 1 aromatic carbocycles. The highest BCUT2D eigenvalue weighted by Crippen LogP contribution is 2.38. The summed E-state index contributed by atoms with van der Waals surface area (Å²) in [4.78, 5) is 3.72. The van der Waals surface area contributed by atoms with Gasteiger partial charge in [0.05, 0.1) is 11.7 Å². The Hall–Kier alpha value is -0.670. The van der Waals surface area contributed by atoms with E-state index < -0.39 is 0 Å². The van der Waals surface area contributed by atoms with Crippen LogP contribution in [0.2, 0.25) is 0 Å². The number of benzene rings is 1. The third-order valence-electron chi connectivity index (χ3n) is 3.28. The van der Waals surface area contributed by atoms with Crippen molar-refractivity contribution in [3.63, 3.8) is 0 Å². The summed E-state index contributed by atoms with van der Waals surface area (Å²) in [5, 5.41) is 0. The molecule has 88 valence electrons. The normalized spacial score (nSPS) is 20.1. The molecular formula is C13H20N2S. The monoisotopic (exact) mass is 236 g/mol. The quantitative estimate of drug-likeness (QED) is 0.856. The van der Waals surface area contributed by atoms with Crippen molar-refractivity contribution in [2.75, 3.05) is 24.2 Å². The number of nitrogens with two attached hydrogens (primary N) is 1. The Morgan fingerprint density at radius 3 is 2.88 bits per heavy atom. The Labute approximate surface area is 102 Å². The molecule has 2 N–H and O–H groups in total. The molecule has 1 aliphatic heterocycles. The van der Waals surface area contributed by atoms with E-state index >= 15 is 0 Å². The standard InChI is InChI=1S/C13H20N2S/c1-9(2)10-4-5-12-13(6-10)16-8-11(7-14)15(12)3/h4-6,9,11H,7-8,14H2,1-3H3. The second-order valence-corrected chi connectivity index (χ2v) is 5.76. The fraction of sp³-hybridized carbons (Fsp3) is 0.538. The molecule has 0 radical (unpaired) electrons. The molecule has 1 atom stereocenters. The van der Waals surface area contributed by atoms with Crippen LogP contribution in [0.1, 0.15) is 25.3 Å². The Bertz CT molecular complexity index is 376. The number of hydrogen-bond acceptors (Lipinski definition) is 3. The lowest BCUT2D eigenvalue weighted by atomic mass is 10.0. The summed E-state index contributed by atoms with van der Waals surface area (Å²) in [5.41, 5.74) is 8.53. The second kappa shape index (κ2) is 4.68. The topological polar surface area (TPSA) is 29.3 Å². The van der Waals surface area contributed by atoms with Crippen molar-refractivity contribution in [1.29, 1.82) is 0 Å². The summed E-state index contributed by atoms with van der Waals surface area (Å²) in [6.45, 7) is 5.21. The van der Waals surface area contributed by atoms with Crippen LogP contribution < -0.4 is 10.6 Å². The maximum atomic E-state index is 5.77. The van der Waals surface area contributed by atoms with Crippen molar-refractivity contribution in [2.45, 2.75) is 30.7 Å². The minimum absolute atomic E-state index is 0.474. The molecule has 1 aliphatic rings. The minimum Gasteiger partial charge on any atom is -0.369 e. The van der Waals surface area contributed by atoms with Crippen molar-refractivity contribution in [2.24, 2.45) is 5.73 Å². The highest BCUT2D eigenvalue weighted by Gasteiger charge is 2.22. The highest BCUT2D eigenvalue weighted by molar-refractivity contribution is 7.99. The summed E-state index contributed by atoms with van der Waals surface area (Å²) in [6.07, 6.45) is 0. The van der Waals surface area contributed by atoms with Crippen molar-refractivity contribution in [3.8, 4) is 0 Å². The van der Waals surface area contributed by atoms with Crippen molar-refractivity contribution in [1.82, 2.24) is 0 Å². The molecule has 2 rings (SSSR count). The van der Waals surface area contributed by atoms with Gasteiger partial charge in [-0.2, -0.15) is 0 Å². The van der Waals surface area contributed by atoms with Crippen LogP contribution in [0.4, 0.5) is 5.69 Å². The maximum absolute atomic E-state index is 5.77. The smallest absolute Gasteiger partial charge is 0.0505 e. The number of fused-ring (bicyclic) bond motifs is 1. The molecule has 0 aromatic heterocycles. The molecular weight excluding hydrogens is 216 g/mol. The zero-order chi connectivity index (χ0) is 11.7. The zero-order valence-electron chi connectivity index (χ0n) is 10.2. The van der Waals surface area contributed by atoms with Gasteiger partial charge >= 0.3 is 0 Å². The number of anilines is 1. The number of nitrogens with zero attached hydrogens (tertiary/aromatic N) is 1. The Morgan fingerprint density at radius 1 is 1.50 bits per heavy atom. The molecule has 0 fully saturated rings. The third kappa shape index (κ3) is 2.06. The summed E-state index contributed by atoms with van der Waals surface area (Å²) in [5.74, 6) is 1.70. The van der Waals surface area contributed by atoms with Gasteiger partial charge in [-0.15, -0.1) is 11.8 Å². The average Bonchev–Trinajstić information content (AvgIpc) is 2.29. The van der Waals surface area contributed by atoms with Crippen LogP contribution in [0.15, 0.2) is 23.1 Å². The Balaban J connectivity index is 2.33. The molecule has 2 nitrogen and oxygen atoms in total. The summed E-state index contributed by atoms with van der Waals surface area (Å²) in [6, 6.07) is 7.27. The van der Waals surface area contributed by atoms with E-state index in [1.807, 2.05) is 11.8 Å². The number of hydrogen-bond donors (Lipinski definition) is 1. The Morgan fingerprint density at radius 2 is 2.25 bits per heavy atom. The lowest BCUT2D eigenvalue weighted by Crippen LogP contribution is -2.42. The van der Waals surface area contributed by atoms with Gasteiger partial charge < -0.3 is 10.6 Å². The molecule has 0 amide bonds. The van der Waals surface area contributed by atoms with Crippen LogP contribution in [0.5, 0.6) is 0 Å². The van der Waals surface area contributed by atoms with Gasteiger partial charge in [-0.3, -0.25) is 0 Å². The van der Waals surface area contributed by atoms with Gasteiger partial charge in [0, 0.05) is 24.2 Å². The first kappa shape index (κ1) is 11.8. The van der Waals surface area contributed by atoms with Gasteiger partial charge in [0.15, 0.2) is 0 Å². The van der Waals surface area contributed by atoms with E-state index in [0.717, 1.165) is 12.3 Å². The van der Waals surface area contributed by atoms with E-state index in [9.17, 15) is 0 Å². The second-order valence-electron chi connectivity index (χ2n) is 4.69. The maximum Gasteiger partial charge on any atom is 0.0505 e. The van der Waals surface area contributed by atoms with Crippen LogP contribution in [-0.4, -0.2) is 25.4 Å². The molecule has 1 aromatic rings. The van der Waals surface area contributed by atoms with E-state index in [2.05, 4.69) is 44.0 Å². The van der Waals surface area contributed by atoms with Gasteiger partial charge in [0.25, 0.3) is 0 Å². The summed E-state index contributed by atoms with van der Waals surface area (Å²) >= 11 is 1.94. The van der Waals surface area contributed by atoms with E-state index in [0.29, 0.717) is 12.0 Å². The van der Waals surface area contributed by atoms with Crippen molar-refractivity contribution < 1.29 is 0 Å². The van der Waals surface area contributed by atoms with E-state index in [1.54, 1.807) is 0 Å². The van der Waals surface area contributed by atoms with Crippen molar-refractivity contribution >= 4 is 17.4 Å². The predicted octanol–water partition coefficient (Wildman–Crippen LogP) is 2.68. The Kier molecular flexibility index (Phi) is 3.45. The minimum atomic E-state index is 0.474. The van der Waals surface area contributed by atoms with E-state index in [-0.39, 0.29) is 0 Å². The lowest BCUT2D eigenvalue weighted by molar-refractivity contribution is 0.690. The molecule has 0 saturated heterocycles. The molecule has 3 heteroatoms. The summed E-state index contributed by atoms with van der Waals surface area (Å²) < 4.78 is 0. The van der Waals surface area contributed by atoms with Gasteiger partial charge in [-0.1, -0.05) is 19.9 Å². The average molecular weight is 236 g/mol. The summed E-state index contributed by atoms with van der Waals surface area (Å²) in [7, 11) is 2.14. The first-order chi connectivity index (χ1) is 7.63. The van der Waals surface area contributed by atoms with E-state index in [1.165, 1.54) is 16.1 Å². The van der Waals surface area contributed by atoms with Gasteiger partial charge in [0.1, 0.15) is 0 Å². The fourth-order valence-electron chi connectivity index (χ4n) is 2.02. The van der Waals surface area contributed by atoms with Gasteiger partial charge in [0.2, 0.25) is 0 Å². The number of likely N-dealkylation sites (N-methyl/N-ethyl adjacent to an activating group) is 1. The number of rotatable bonds is 2. The van der Waals surface area contributed by atoms with Gasteiger partial charge in [-0.05, 0) is 23.6 Å². The van der Waals surface area contributed by atoms with Crippen LogP contribution in [0.25, 0.3) is 0 Å². The largest absolute Gasteiger partial charge is 0.369 e. The zero-order valence-corrected chi connectivity index (χ0v) is 11.1. The van der Waals surface area contributed by atoms with Crippen LogP contribution >= 0.6 is 11.8 Å². The molecule has 0 aliphatic carbocycles.